The van der Waals surface area contributed by atoms with Crippen LogP contribution in [0.1, 0.15) is 44.9 Å². The minimum absolute atomic E-state index is 0.0550. The normalized spacial score (nSPS) is 22.2. The summed E-state index contributed by atoms with van der Waals surface area (Å²) in [5.41, 5.74) is -0.175. The Bertz CT molecular complexity index is 400. The fourth-order valence-corrected chi connectivity index (χ4v) is 4.36. The highest BCUT2D eigenvalue weighted by atomic mass is 32.2. The van der Waals surface area contributed by atoms with Crippen LogP contribution >= 0.6 is 0 Å². The molecule has 2 aliphatic carbocycles. The van der Waals surface area contributed by atoms with E-state index in [1.807, 2.05) is 0 Å². The third-order valence-electron chi connectivity index (χ3n) is 4.18. The Morgan fingerprint density at radius 3 is 2.50 bits per heavy atom. The Balaban J connectivity index is 1.71. The molecule has 1 unspecified atom stereocenters. The highest BCUT2D eigenvalue weighted by Crippen LogP contribution is 2.49. The van der Waals surface area contributed by atoms with Crippen LogP contribution in [0.3, 0.4) is 0 Å². The molecule has 0 aromatic rings. The second kappa shape index (κ2) is 6.70. The first-order valence-corrected chi connectivity index (χ1v) is 8.73. The van der Waals surface area contributed by atoms with Gasteiger partial charge in [0.05, 0.1) is 13.5 Å². The van der Waals surface area contributed by atoms with Crippen LogP contribution in [0.5, 0.6) is 0 Å². The van der Waals surface area contributed by atoms with Gasteiger partial charge in [0.25, 0.3) is 0 Å². The fraction of sp³-hybridized carbons (Fsp3) is 0.857. The quantitative estimate of drug-likeness (QED) is 0.716. The van der Waals surface area contributed by atoms with E-state index in [2.05, 4.69) is 10.1 Å². The second-order valence-electron chi connectivity index (χ2n) is 6.03. The van der Waals surface area contributed by atoms with E-state index in [0.29, 0.717) is 12.2 Å². The van der Waals surface area contributed by atoms with E-state index in [1.54, 1.807) is 0 Å². The van der Waals surface area contributed by atoms with Gasteiger partial charge in [0.1, 0.15) is 5.75 Å². The van der Waals surface area contributed by atoms with Crippen LogP contribution in [0.4, 0.5) is 0 Å². The highest BCUT2D eigenvalue weighted by Gasteiger charge is 2.46. The number of amides is 1. The van der Waals surface area contributed by atoms with Gasteiger partial charge in [0, 0.05) is 22.6 Å². The number of hydrogen-bond acceptors (Lipinski definition) is 4. The molecule has 0 aliphatic heterocycles. The fourth-order valence-electron chi connectivity index (χ4n) is 2.81. The molecular formula is C14H23NO4S. The molecule has 2 saturated carbocycles. The van der Waals surface area contributed by atoms with E-state index in [1.165, 1.54) is 7.11 Å². The van der Waals surface area contributed by atoms with Crippen molar-refractivity contribution in [2.45, 2.75) is 51.0 Å². The van der Waals surface area contributed by atoms with Gasteiger partial charge in [0.2, 0.25) is 5.91 Å². The lowest BCUT2D eigenvalue weighted by Crippen LogP contribution is -2.36. The standard InChI is InChI=1S/C14H23NO4S/c1-19-13(17)8-14(6-7-14)10-20(18)9-12(16)15-11-4-2-3-5-11/h11H,2-10H2,1H3,(H,15,16). The van der Waals surface area contributed by atoms with E-state index < -0.39 is 10.8 Å². The Labute approximate surface area is 122 Å². The lowest BCUT2D eigenvalue weighted by Gasteiger charge is -2.14. The predicted molar refractivity (Wildman–Crippen MR) is 76.6 cm³/mol. The van der Waals surface area contributed by atoms with Gasteiger partial charge in [-0.05, 0) is 31.1 Å². The van der Waals surface area contributed by atoms with Gasteiger partial charge in [-0.2, -0.15) is 0 Å². The topological polar surface area (TPSA) is 72.5 Å². The maximum atomic E-state index is 12.1. The number of nitrogens with one attached hydrogen (secondary N) is 1. The van der Waals surface area contributed by atoms with E-state index in [4.69, 9.17) is 0 Å². The zero-order valence-electron chi connectivity index (χ0n) is 12.0. The van der Waals surface area contributed by atoms with Gasteiger partial charge < -0.3 is 10.1 Å². The van der Waals surface area contributed by atoms with Crippen molar-refractivity contribution in [1.29, 1.82) is 0 Å². The SMILES string of the molecule is COC(=O)CC1(CS(=O)CC(=O)NC2CCCC2)CC1. The minimum atomic E-state index is -1.20. The van der Waals surface area contributed by atoms with Gasteiger partial charge in [0.15, 0.2) is 0 Å². The molecule has 0 saturated heterocycles. The average Bonchev–Trinajstić information content (AvgIpc) is 2.92. The molecule has 6 heteroatoms. The van der Waals surface area contributed by atoms with Gasteiger partial charge >= 0.3 is 5.97 Å². The minimum Gasteiger partial charge on any atom is -0.469 e. The maximum Gasteiger partial charge on any atom is 0.306 e. The first-order valence-electron chi connectivity index (χ1n) is 7.24. The van der Waals surface area contributed by atoms with Crippen LogP contribution in [-0.4, -0.2) is 40.7 Å². The van der Waals surface area contributed by atoms with Crippen molar-refractivity contribution in [1.82, 2.24) is 5.32 Å². The third kappa shape index (κ3) is 4.58. The summed E-state index contributed by atoms with van der Waals surface area (Å²) in [4.78, 5) is 23.1. The smallest absolute Gasteiger partial charge is 0.306 e. The lowest BCUT2D eigenvalue weighted by atomic mass is 10.1. The molecular weight excluding hydrogens is 278 g/mol. The Morgan fingerprint density at radius 1 is 1.30 bits per heavy atom. The van der Waals surface area contributed by atoms with Crippen LogP contribution in [0.2, 0.25) is 0 Å². The number of carbonyl (C=O) groups excluding carboxylic acids is 2. The molecule has 2 fully saturated rings. The van der Waals surface area contributed by atoms with E-state index in [0.717, 1.165) is 38.5 Å². The van der Waals surface area contributed by atoms with Gasteiger partial charge in [-0.25, -0.2) is 0 Å². The van der Waals surface area contributed by atoms with E-state index in [9.17, 15) is 13.8 Å². The van der Waals surface area contributed by atoms with Gasteiger partial charge in [-0.3, -0.25) is 13.8 Å². The summed E-state index contributed by atoms with van der Waals surface area (Å²) in [5.74, 6) is 0.110. The van der Waals surface area contributed by atoms with Crippen molar-refractivity contribution in [3.05, 3.63) is 0 Å². The van der Waals surface area contributed by atoms with E-state index in [-0.39, 0.29) is 29.1 Å². The lowest BCUT2D eigenvalue weighted by molar-refractivity contribution is -0.141. The van der Waals surface area contributed by atoms with Gasteiger partial charge in [-0.1, -0.05) is 12.8 Å². The number of ether oxygens (including phenoxy) is 1. The van der Waals surface area contributed by atoms with Crippen LogP contribution < -0.4 is 5.32 Å². The van der Waals surface area contributed by atoms with Crippen molar-refractivity contribution in [2.24, 2.45) is 5.41 Å². The summed E-state index contributed by atoms with van der Waals surface area (Å²) < 4.78 is 16.7. The molecule has 1 amide bonds. The third-order valence-corrected chi connectivity index (χ3v) is 5.70. The summed E-state index contributed by atoms with van der Waals surface area (Å²) in [6.45, 7) is 0. The number of rotatable bonds is 7. The molecule has 0 bridgehead atoms. The zero-order chi connectivity index (χ0) is 14.6. The summed E-state index contributed by atoms with van der Waals surface area (Å²) in [7, 11) is 0.170. The number of carbonyl (C=O) groups is 2. The van der Waals surface area contributed by atoms with Crippen molar-refractivity contribution in [2.75, 3.05) is 18.6 Å². The van der Waals surface area contributed by atoms with Crippen LogP contribution in [-0.2, 0) is 25.1 Å². The van der Waals surface area contributed by atoms with Crippen molar-refractivity contribution in [3.63, 3.8) is 0 Å². The van der Waals surface area contributed by atoms with Crippen LogP contribution in [0, 0.1) is 5.41 Å². The number of hydrogen-bond donors (Lipinski definition) is 1. The molecule has 1 atom stereocenters. The maximum absolute atomic E-state index is 12.1. The van der Waals surface area contributed by atoms with E-state index >= 15 is 0 Å². The molecule has 20 heavy (non-hydrogen) atoms. The second-order valence-corrected chi connectivity index (χ2v) is 7.49. The number of esters is 1. The predicted octanol–water partition coefficient (Wildman–Crippen LogP) is 1.14. The molecule has 0 aromatic carbocycles. The summed E-state index contributed by atoms with van der Waals surface area (Å²) in [6.07, 6.45) is 6.51. The molecule has 2 aliphatic rings. The molecule has 1 N–H and O–H groups in total. The molecule has 114 valence electrons. The molecule has 0 heterocycles. The average molecular weight is 301 g/mol. The molecule has 0 spiro atoms. The van der Waals surface area contributed by atoms with Crippen LogP contribution in [0.15, 0.2) is 0 Å². The van der Waals surface area contributed by atoms with Crippen molar-refractivity contribution in [3.8, 4) is 0 Å². The Hall–Kier alpha value is -0.910. The van der Waals surface area contributed by atoms with Crippen molar-refractivity contribution < 1.29 is 18.5 Å². The highest BCUT2D eigenvalue weighted by molar-refractivity contribution is 7.85. The monoisotopic (exact) mass is 301 g/mol. The zero-order valence-corrected chi connectivity index (χ0v) is 12.8. The summed E-state index contributed by atoms with van der Waals surface area (Å²) in [6, 6.07) is 0.268. The molecule has 0 radical (unpaired) electrons. The first kappa shape index (κ1) is 15.5. The largest absolute Gasteiger partial charge is 0.469 e. The molecule has 0 aromatic heterocycles. The van der Waals surface area contributed by atoms with Crippen molar-refractivity contribution >= 4 is 22.7 Å². The molecule has 2 rings (SSSR count). The number of methoxy groups -OCH3 is 1. The Morgan fingerprint density at radius 2 is 1.95 bits per heavy atom. The summed E-state index contributed by atoms with van der Waals surface area (Å²) in [5, 5.41) is 2.94. The van der Waals surface area contributed by atoms with Gasteiger partial charge in [-0.15, -0.1) is 0 Å². The molecule has 5 nitrogen and oxygen atoms in total. The Kier molecular flexibility index (Phi) is 5.18. The summed E-state index contributed by atoms with van der Waals surface area (Å²) >= 11 is 0. The van der Waals surface area contributed by atoms with Crippen LogP contribution in [0.25, 0.3) is 0 Å². The first-order chi connectivity index (χ1) is 9.53.